The van der Waals surface area contributed by atoms with E-state index < -0.39 is 5.97 Å². The van der Waals surface area contributed by atoms with Crippen molar-refractivity contribution in [3.8, 4) is 11.1 Å². The Balaban J connectivity index is 2.49. The van der Waals surface area contributed by atoms with Gasteiger partial charge in [-0.3, -0.25) is 0 Å². The van der Waals surface area contributed by atoms with Crippen LogP contribution in [0, 0.1) is 12.7 Å². The highest BCUT2D eigenvalue weighted by atomic mass is 19.1. The molecule has 0 heterocycles. The van der Waals surface area contributed by atoms with E-state index >= 15 is 0 Å². The van der Waals surface area contributed by atoms with Crippen LogP contribution in [0.5, 0.6) is 0 Å². The number of rotatable bonds is 3. The van der Waals surface area contributed by atoms with Crippen LogP contribution in [0.15, 0.2) is 48.5 Å². The van der Waals surface area contributed by atoms with Crippen LogP contribution in [-0.4, -0.2) is 11.1 Å². The third kappa shape index (κ3) is 3.12. The van der Waals surface area contributed by atoms with Crippen LogP contribution in [0.25, 0.3) is 16.7 Å². The maximum atomic E-state index is 13.9. The van der Waals surface area contributed by atoms with Crippen molar-refractivity contribution in [3.63, 3.8) is 0 Å². The van der Waals surface area contributed by atoms with Gasteiger partial charge in [-0.05, 0) is 42.7 Å². The Kier molecular flexibility index (Phi) is 3.99. The van der Waals surface area contributed by atoms with Crippen LogP contribution in [0.3, 0.4) is 0 Å². The SMILES string of the molecule is C/C(=C\C(=O)O)c1ccc(F)c(-c2ccc(C)cc2)c1. The quantitative estimate of drug-likeness (QED) is 0.845. The second-order valence-corrected chi connectivity index (χ2v) is 4.73. The average molecular weight is 270 g/mol. The monoisotopic (exact) mass is 270 g/mol. The maximum Gasteiger partial charge on any atom is 0.328 e. The number of carbonyl (C=O) groups is 1. The Bertz CT molecular complexity index is 670. The minimum absolute atomic E-state index is 0.319. The van der Waals surface area contributed by atoms with E-state index in [1.54, 1.807) is 19.1 Å². The molecule has 0 unspecified atom stereocenters. The zero-order valence-corrected chi connectivity index (χ0v) is 11.4. The van der Waals surface area contributed by atoms with Crippen molar-refractivity contribution in [2.75, 3.05) is 0 Å². The molecule has 0 saturated carbocycles. The zero-order valence-electron chi connectivity index (χ0n) is 11.4. The fraction of sp³-hybridized carbons (Fsp3) is 0.118. The summed E-state index contributed by atoms with van der Waals surface area (Å²) in [5, 5.41) is 8.77. The molecule has 0 aliphatic carbocycles. The molecule has 0 amide bonds. The van der Waals surface area contributed by atoms with Gasteiger partial charge in [-0.2, -0.15) is 0 Å². The summed E-state index contributed by atoms with van der Waals surface area (Å²) in [7, 11) is 0. The highest BCUT2D eigenvalue weighted by Crippen LogP contribution is 2.27. The lowest BCUT2D eigenvalue weighted by atomic mass is 9.98. The second kappa shape index (κ2) is 5.70. The van der Waals surface area contributed by atoms with Crippen molar-refractivity contribution in [2.45, 2.75) is 13.8 Å². The third-order valence-electron chi connectivity index (χ3n) is 3.12. The maximum absolute atomic E-state index is 13.9. The molecule has 0 atom stereocenters. The highest BCUT2D eigenvalue weighted by Gasteiger charge is 2.08. The largest absolute Gasteiger partial charge is 0.478 e. The number of carboxylic acids is 1. The van der Waals surface area contributed by atoms with Gasteiger partial charge in [0.15, 0.2) is 0 Å². The molecule has 0 radical (unpaired) electrons. The number of halogens is 1. The molecule has 2 aromatic carbocycles. The van der Waals surface area contributed by atoms with E-state index in [-0.39, 0.29) is 5.82 Å². The summed E-state index contributed by atoms with van der Waals surface area (Å²) in [6, 6.07) is 12.2. The van der Waals surface area contributed by atoms with Crippen molar-refractivity contribution < 1.29 is 14.3 Å². The molecule has 20 heavy (non-hydrogen) atoms. The third-order valence-corrected chi connectivity index (χ3v) is 3.12. The van der Waals surface area contributed by atoms with E-state index in [1.165, 1.54) is 6.07 Å². The van der Waals surface area contributed by atoms with Crippen LogP contribution >= 0.6 is 0 Å². The minimum Gasteiger partial charge on any atom is -0.478 e. The summed E-state index contributed by atoms with van der Waals surface area (Å²) in [6.45, 7) is 3.66. The van der Waals surface area contributed by atoms with Gasteiger partial charge in [0.25, 0.3) is 0 Å². The Hall–Kier alpha value is -2.42. The molecule has 102 valence electrons. The van der Waals surface area contributed by atoms with Crippen molar-refractivity contribution in [2.24, 2.45) is 0 Å². The fourth-order valence-corrected chi connectivity index (χ4v) is 1.99. The summed E-state index contributed by atoms with van der Waals surface area (Å²) in [6.07, 6.45) is 1.12. The standard InChI is InChI=1S/C17H15FO2/c1-11-3-5-13(6-4-11)15-10-14(7-8-16(15)18)12(2)9-17(19)20/h3-10H,1-2H3,(H,19,20)/b12-9+. The highest BCUT2D eigenvalue weighted by molar-refractivity contribution is 5.90. The molecular formula is C17H15FO2. The zero-order chi connectivity index (χ0) is 14.7. The molecule has 2 aromatic rings. The smallest absolute Gasteiger partial charge is 0.328 e. The van der Waals surface area contributed by atoms with E-state index in [9.17, 15) is 9.18 Å². The molecule has 0 saturated heterocycles. The number of aryl methyl sites for hydroxylation is 1. The molecule has 0 aliphatic heterocycles. The first-order valence-electron chi connectivity index (χ1n) is 6.25. The summed E-state index contributed by atoms with van der Waals surface area (Å²) >= 11 is 0. The van der Waals surface area contributed by atoms with Gasteiger partial charge in [0.05, 0.1) is 0 Å². The van der Waals surface area contributed by atoms with Crippen molar-refractivity contribution in [3.05, 3.63) is 65.5 Å². The van der Waals surface area contributed by atoms with Gasteiger partial charge < -0.3 is 5.11 Å². The second-order valence-electron chi connectivity index (χ2n) is 4.73. The predicted octanol–water partition coefficient (Wildman–Crippen LogP) is 4.29. The topological polar surface area (TPSA) is 37.3 Å². The van der Waals surface area contributed by atoms with Gasteiger partial charge in [0.1, 0.15) is 5.82 Å². The molecule has 2 nitrogen and oxygen atoms in total. The Labute approximate surface area is 117 Å². The normalized spacial score (nSPS) is 11.4. The van der Waals surface area contributed by atoms with Crippen LogP contribution < -0.4 is 0 Å². The van der Waals surface area contributed by atoms with E-state index in [2.05, 4.69) is 0 Å². The van der Waals surface area contributed by atoms with Crippen molar-refractivity contribution >= 4 is 11.5 Å². The van der Waals surface area contributed by atoms with Crippen LogP contribution in [0.4, 0.5) is 4.39 Å². The molecule has 3 heteroatoms. The molecule has 0 aliphatic rings. The lowest BCUT2D eigenvalue weighted by Crippen LogP contribution is -1.92. The van der Waals surface area contributed by atoms with Crippen molar-refractivity contribution in [1.29, 1.82) is 0 Å². The summed E-state index contributed by atoms with van der Waals surface area (Å²) in [5.41, 5.74) is 3.64. The van der Waals surface area contributed by atoms with E-state index in [4.69, 9.17) is 5.11 Å². The average Bonchev–Trinajstić information content (AvgIpc) is 2.39. The molecular weight excluding hydrogens is 255 g/mol. The number of benzene rings is 2. The molecule has 1 N–H and O–H groups in total. The van der Waals surface area contributed by atoms with Gasteiger partial charge in [-0.1, -0.05) is 35.9 Å². The van der Waals surface area contributed by atoms with E-state index in [1.807, 2.05) is 31.2 Å². The number of hydrogen-bond acceptors (Lipinski definition) is 1. The van der Waals surface area contributed by atoms with Gasteiger partial charge >= 0.3 is 5.97 Å². The number of hydrogen-bond donors (Lipinski definition) is 1. The summed E-state index contributed by atoms with van der Waals surface area (Å²) in [5.74, 6) is -1.33. The molecule has 0 spiro atoms. The lowest BCUT2D eigenvalue weighted by Gasteiger charge is -2.08. The lowest BCUT2D eigenvalue weighted by molar-refractivity contribution is -0.131. The van der Waals surface area contributed by atoms with Gasteiger partial charge in [-0.25, -0.2) is 9.18 Å². The Morgan fingerprint density at radius 2 is 1.80 bits per heavy atom. The first kappa shape index (κ1) is 14.0. The van der Waals surface area contributed by atoms with E-state index in [0.29, 0.717) is 16.7 Å². The van der Waals surface area contributed by atoms with Crippen LogP contribution in [0.2, 0.25) is 0 Å². The molecule has 0 bridgehead atoms. The molecule has 0 aromatic heterocycles. The molecule has 2 rings (SSSR count). The van der Waals surface area contributed by atoms with Gasteiger partial charge in [0.2, 0.25) is 0 Å². The van der Waals surface area contributed by atoms with Gasteiger partial charge in [-0.15, -0.1) is 0 Å². The van der Waals surface area contributed by atoms with Crippen LogP contribution in [-0.2, 0) is 4.79 Å². The van der Waals surface area contributed by atoms with Crippen molar-refractivity contribution in [1.82, 2.24) is 0 Å². The number of aliphatic carboxylic acids is 1. The minimum atomic E-state index is -1.01. The fourth-order valence-electron chi connectivity index (χ4n) is 1.99. The Morgan fingerprint density at radius 1 is 1.15 bits per heavy atom. The first-order chi connectivity index (χ1) is 9.47. The van der Waals surface area contributed by atoms with E-state index in [0.717, 1.165) is 17.2 Å². The number of carboxylic acid groups (broad SMARTS) is 1. The predicted molar refractivity (Wildman–Crippen MR) is 77.9 cm³/mol. The van der Waals surface area contributed by atoms with Crippen LogP contribution in [0.1, 0.15) is 18.1 Å². The summed E-state index contributed by atoms with van der Waals surface area (Å²) < 4.78 is 13.9. The van der Waals surface area contributed by atoms with Gasteiger partial charge in [0, 0.05) is 11.6 Å². The first-order valence-corrected chi connectivity index (χ1v) is 6.25. The summed E-state index contributed by atoms with van der Waals surface area (Å²) in [4.78, 5) is 10.7. The number of allylic oxidation sites excluding steroid dienone is 1. The Morgan fingerprint density at radius 3 is 2.40 bits per heavy atom. The molecule has 0 fully saturated rings.